The molecular formula is C5H9F3N2. The molecule has 0 radical (unpaired) electrons. The average molecular weight is 154 g/mol. The number of rotatable bonds is 1. The molecule has 0 aromatic rings. The van der Waals surface area contributed by atoms with Gasteiger partial charge in [0.1, 0.15) is 0 Å². The second-order valence-corrected chi connectivity index (χ2v) is 1.25. The molecular weight excluding hydrogens is 145 g/mol. The van der Waals surface area contributed by atoms with Crippen LogP contribution in [0.4, 0.5) is 13.2 Å². The number of halogens is 3. The predicted molar refractivity (Wildman–Crippen MR) is 33.8 cm³/mol. The van der Waals surface area contributed by atoms with Crippen molar-refractivity contribution in [3.8, 4) is 0 Å². The number of allylic oxidation sites excluding steroid dienone is 1. The summed E-state index contributed by atoms with van der Waals surface area (Å²) >= 11 is 0. The van der Waals surface area contributed by atoms with Crippen molar-refractivity contribution in [2.45, 2.75) is 12.6 Å². The van der Waals surface area contributed by atoms with Crippen LogP contribution in [0.5, 0.6) is 0 Å². The first-order valence-electron chi connectivity index (χ1n) is 2.35. The minimum atomic E-state index is -4.12. The molecule has 10 heavy (non-hydrogen) atoms. The highest BCUT2D eigenvalue weighted by Gasteiger charge is 2.24. The van der Waals surface area contributed by atoms with E-state index in [2.05, 4.69) is 12.5 Å². The minimum absolute atomic E-state index is 0.861. The Balaban J connectivity index is 0. The van der Waals surface area contributed by atoms with E-state index in [-0.39, 0.29) is 0 Å². The van der Waals surface area contributed by atoms with Crippen molar-refractivity contribution in [1.82, 2.24) is 0 Å². The van der Waals surface area contributed by atoms with E-state index in [9.17, 15) is 13.2 Å². The molecule has 0 bridgehead atoms. The van der Waals surface area contributed by atoms with Gasteiger partial charge in [0.2, 0.25) is 0 Å². The van der Waals surface area contributed by atoms with E-state index in [4.69, 9.17) is 5.41 Å². The summed E-state index contributed by atoms with van der Waals surface area (Å²) in [6.45, 7) is 2.50. The Labute approximate surface area is 57.0 Å². The van der Waals surface area contributed by atoms with Gasteiger partial charge in [-0.15, -0.1) is 0 Å². The SMILES string of the molecule is C=N.N/C=C\CC(F)(F)F. The van der Waals surface area contributed by atoms with E-state index in [1.807, 2.05) is 0 Å². The lowest BCUT2D eigenvalue weighted by Crippen LogP contribution is -2.04. The molecule has 0 rings (SSSR count). The fourth-order valence-corrected chi connectivity index (χ4v) is 0.202. The van der Waals surface area contributed by atoms with Crippen LogP contribution in [-0.2, 0) is 0 Å². The molecule has 0 unspecified atom stereocenters. The standard InChI is InChI=1S/C4H6F3N.CH3N/c5-4(6,7)2-1-3-8;1-2/h1,3H,2,8H2;2H,1H2/b3-1-;. The molecule has 0 spiro atoms. The van der Waals surface area contributed by atoms with Gasteiger partial charge in [0.05, 0.1) is 6.42 Å². The van der Waals surface area contributed by atoms with Crippen LogP contribution in [0, 0.1) is 5.41 Å². The number of alkyl halides is 3. The van der Waals surface area contributed by atoms with Crippen LogP contribution < -0.4 is 5.73 Å². The molecule has 60 valence electrons. The summed E-state index contributed by atoms with van der Waals surface area (Å²) < 4.78 is 33.4. The van der Waals surface area contributed by atoms with E-state index >= 15 is 0 Å². The summed E-state index contributed by atoms with van der Waals surface area (Å²) in [5.41, 5.74) is 4.66. The number of hydrogen-bond acceptors (Lipinski definition) is 2. The number of hydrogen-bond donors (Lipinski definition) is 2. The lowest BCUT2D eigenvalue weighted by atomic mass is 10.4. The topological polar surface area (TPSA) is 49.9 Å². The summed E-state index contributed by atoms with van der Waals surface area (Å²) in [7, 11) is 0. The maximum atomic E-state index is 11.1. The van der Waals surface area contributed by atoms with Gasteiger partial charge in [-0.1, -0.05) is 6.08 Å². The molecule has 2 nitrogen and oxygen atoms in total. The van der Waals surface area contributed by atoms with Crippen molar-refractivity contribution >= 4 is 6.72 Å². The lowest BCUT2D eigenvalue weighted by molar-refractivity contribution is -0.125. The molecule has 0 saturated carbocycles. The summed E-state index contributed by atoms with van der Waals surface area (Å²) in [5, 5.41) is 5.50. The highest BCUT2D eigenvalue weighted by molar-refractivity contribution is 5.15. The Bertz CT molecular complexity index is 97.6. The van der Waals surface area contributed by atoms with Gasteiger partial charge in [0.15, 0.2) is 0 Å². The Morgan fingerprint density at radius 3 is 1.90 bits per heavy atom. The number of nitrogens with one attached hydrogen (secondary N) is 1. The molecule has 0 fully saturated rings. The van der Waals surface area contributed by atoms with Crippen molar-refractivity contribution in [1.29, 1.82) is 5.41 Å². The molecule has 0 aromatic heterocycles. The molecule has 0 aromatic carbocycles. The highest BCUT2D eigenvalue weighted by atomic mass is 19.4. The molecule has 0 amide bonds. The van der Waals surface area contributed by atoms with E-state index in [1.54, 1.807) is 0 Å². The van der Waals surface area contributed by atoms with E-state index in [1.165, 1.54) is 0 Å². The average Bonchev–Trinajstić information content (AvgIpc) is 1.87. The van der Waals surface area contributed by atoms with Crippen LogP contribution in [-0.4, -0.2) is 12.9 Å². The van der Waals surface area contributed by atoms with Crippen LogP contribution in [0.25, 0.3) is 0 Å². The van der Waals surface area contributed by atoms with Gasteiger partial charge in [0.25, 0.3) is 0 Å². The zero-order chi connectivity index (χ0) is 8.62. The smallest absolute Gasteiger partial charge is 0.392 e. The fraction of sp³-hybridized carbons (Fsp3) is 0.400. The largest absolute Gasteiger partial charge is 0.405 e. The quantitative estimate of drug-likeness (QED) is 0.554. The molecule has 0 aliphatic rings. The van der Waals surface area contributed by atoms with E-state index in [0.29, 0.717) is 0 Å². The molecule has 3 N–H and O–H groups in total. The molecule has 0 saturated heterocycles. The van der Waals surface area contributed by atoms with Gasteiger partial charge in [0, 0.05) is 0 Å². The third kappa shape index (κ3) is 15.8. The second-order valence-electron chi connectivity index (χ2n) is 1.25. The van der Waals surface area contributed by atoms with Crippen LogP contribution in [0.3, 0.4) is 0 Å². The Morgan fingerprint density at radius 1 is 1.40 bits per heavy atom. The maximum absolute atomic E-state index is 11.1. The third-order valence-corrected chi connectivity index (χ3v) is 0.485. The van der Waals surface area contributed by atoms with E-state index < -0.39 is 12.6 Å². The fourth-order valence-electron chi connectivity index (χ4n) is 0.202. The molecule has 0 atom stereocenters. The monoisotopic (exact) mass is 154 g/mol. The van der Waals surface area contributed by atoms with Gasteiger partial charge in [-0.2, -0.15) is 13.2 Å². The first-order chi connectivity index (χ1) is 4.56. The zero-order valence-corrected chi connectivity index (χ0v) is 5.28. The summed E-state index contributed by atoms with van der Waals surface area (Å²) in [6, 6.07) is 0. The predicted octanol–water partition coefficient (Wildman–Crippen LogP) is 1.68. The first kappa shape index (κ1) is 11.8. The van der Waals surface area contributed by atoms with Crippen LogP contribution in [0.2, 0.25) is 0 Å². The molecule has 0 aliphatic carbocycles. The summed E-state index contributed by atoms with van der Waals surface area (Å²) in [6.07, 6.45) is -3.31. The van der Waals surface area contributed by atoms with Crippen LogP contribution >= 0.6 is 0 Å². The Kier molecular flexibility index (Phi) is 7.20. The molecule has 5 heteroatoms. The first-order valence-corrected chi connectivity index (χ1v) is 2.35. The van der Waals surface area contributed by atoms with Crippen molar-refractivity contribution in [3.63, 3.8) is 0 Å². The minimum Gasteiger partial charge on any atom is -0.405 e. The van der Waals surface area contributed by atoms with Gasteiger partial charge >= 0.3 is 6.18 Å². The zero-order valence-electron chi connectivity index (χ0n) is 5.28. The van der Waals surface area contributed by atoms with Gasteiger partial charge in [-0.3, -0.25) is 0 Å². The van der Waals surface area contributed by atoms with Crippen molar-refractivity contribution in [2.75, 3.05) is 0 Å². The van der Waals surface area contributed by atoms with Crippen molar-refractivity contribution in [3.05, 3.63) is 12.3 Å². The summed E-state index contributed by atoms with van der Waals surface area (Å²) in [4.78, 5) is 0. The highest BCUT2D eigenvalue weighted by Crippen LogP contribution is 2.18. The summed E-state index contributed by atoms with van der Waals surface area (Å²) in [5.74, 6) is 0. The third-order valence-electron chi connectivity index (χ3n) is 0.485. The maximum Gasteiger partial charge on any atom is 0.392 e. The lowest BCUT2D eigenvalue weighted by Gasteiger charge is -1.98. The normalized spacial score (nSPS) is 10.7. The van der Waals surface area contributed by atoms with Crippen molar-refractivity contribution < 1.29 is 13.2 Å². The van der Waals surface area contributed by atoms with Crippen LogP contribution in [0.1, 0.15) is 6.42 Å². The Morgan fingerprint density at radius 2 is 1.80 bits per heavy atom. The molecule has 0 aliphatic heterocycles. The van der Waals surface area contributed by atoms with Gasteiger partial charge in [-0.25, -0.2) is 0 Å². The van der Waals surface area contributed by atoms with Gasteiger partial charge < -0.3 is 11.1 Å². The Hall–Kier alpha value is -1.00. The van der Waals surface area contributed by atoms with Gasteiger partial charge in [-0.05, 0) is 12.9 Å². The second kappa shape index (κ2) is 6.12. The van der Waals surface area contributed by atoms with Crippen LogP contribution in [0.15, 0.2) is 12.3 Å². The number of nitrogens with two attached hydrogens (primary N) is 1. The van der Waals surface area contributed by atoms with E-state index in [0.717, 1.165) is 12.3 Å². The molecule has 0 heterocycles. The van der Waals surface area contributed by atoms with Crippen molar-refractivity contribution in [2.24, 2.45) is 5.73 Å².